The Morgan fingerprint density at radius 2 is 2.29 bits per heavy atom. The third-order valence-corrected chi connectivity index (χ3v) is 2.60. The fraction of sp³-hybridized carbons (Fsp3) is 0. The molecule has 0 unspecified atom stereocenters. The predicted octanol–water partition coefficient (Wildman–Crippen LogP) is 3.45. The fourth-order valence-corrected chi connectivity index (χ4v) is 1.82. The summed E-state index contributed by atoms with van der Waals surface area (Å²) < 4.78 is 0.969. The number of H-pyrrole nitrogens is 1. The topological polar surface area (TPSA) is 39.6 Å². The molecule has 1 heterocycles. The van der Waals surface area contributed by atoms with Crippen LogP contribution in [0.15, 0.2) is 29.3 Å². The third kappa shape index (κ3) is 1.24. The quantitative estimate of drug-likeness (QED) is 0.823. The van der Waals surface area contributed by atoms with Gasteiger partial charge in [-0.1, -0.05) is 22.5 Å². The first-order valence-corrected chi connectivity index (χ1v) is 4.89. The third-order valence-electron chi connectivity index (χ3n) is 2.11. The highest BCUT2D eigenvalue weighted by Crippen LogP contribution is 2.25. The number of hydrogen-bond donors (Lipinski definition) is 1. The maximum atomic E-state index is 8.99. The smallest absolute Gasteiger partial charge is 0.102 e. The van der Waals surface area contributed by atoms with Gasteiger partial charge in [-0.15, -0.1) is 0 Å². The Morgan fingerprint density at radius 1 is 1.50 bits per heavy atom. The molecule has 2 nitrogen and oxygen atoms in total. The van der Waals surface area contributed by atoms with Gasteiger partial charge in [0.15, 0.2) is 0 Å². The molecule has 1 N–H and O–H groups in total. The number of hydrogen-bond acceptors (Lipinski definition) is 1. The molecule has 0 fully saturated rings. The van der Waals surface area contributed by atoms with Crippen molar-refractivity contribution < 1.29 is 0 Å². The zero-order chi connectivity index (χ0) is 10.1. The molecule has 2 aromatic rings. The number of aromatic nitrogens is 1. The number of halogens is 1. The summed E-state index contributed by atoms with van der Waals surface area (Å²) in [5.74, 6) is 0. The van der Waals surface area contributed by atoms with Crippen LogP contribution < -0.4 is 0 Å². The first-order valence-electron chi connectivity index (χ1n) is 4.10. The van der Waals surface area contributed by atoms with E-state index in [2.05, 4.69) is 33.6 Å². The minimum absolute atomic E-state index is 0.649. The Labute approximate surface area is 90.0 Å². The molecule has 1 aromatic carbocycles. The van der Waals surface area contributed by atoms with Crippen molar-refractivity contribution in [3.05, 3.63) is 40.5 Å². The Bertz CT molecular complexity index is 546. The number of nitriles is 1. The summed E-state index contributed by atoms with van der Waals surface area (Å²) in [5.41, 5.74) is 2.39. The lowest BCUT2D eigenvalue weighted by molar-refractivity contribution is 1.41. The lowest BCUT2D eigenvalue weighted by atomic mass is 10.1. The molecule has 0 aliphatic heterocycles. The van der Waals surface area contributed by atoms with E-state index >= 15 is 0 Å². The van der Waals surface area contributed by atoms with Crippen LogP contribution in [-0.2, 0) is 0 Å². The van der Waals surface area contributed by atoms with Gasteiger partial charge in [-0.05, 0) is 24.3 Å². The highest BCUT2D eigenvalue weighted by molar-refractivity contribution is 9.10. The summed E-state index contributed by atoms with van der Waals surface area (Å²) in [4.78, 5) is 3.13. The predicted molar refractivity (Wildman–Crippen MR) is 60.8 cm³/mol. The van der Waals surface area contributed by atoms with Crippen LogP contribution in [-0.4, -0.2) is 4.98 Å². The van der Waals surface area contributed by atoms with Crippen molar-refractivity contribution in [3.8, 4) is 6.07 Å². The summed E-state index contributed by atoms with van der Waals surface area (Å²) in [6.07, 6.45) is 1.66. The number of benzene rings is 1. The van der Waals surface area contributed by atoms with Gasteiger partial charge < -0.3 is 4.98 Å². The first-order chi connectivity index (χ1) is 6.76. The average molecular weight is 247 g/mol. The van der Waals surface area contributed by atoms with Crippen LogP contribution in [0.3, 0.4) is 0 Å². The van der Waals surface area contributed by atoms with Crippen LogP contribution >= 0.6 is 15.9 Å². The minimum atomic E-state index is 0.649. The molecule has 68 valence electrons. The average Bonchev–Trinajstić information content (AvgIpc) is 2.54. The largest absolute Gasteiger partial charge is 0.354 e. The lowest BCUT2D eigenvalue weighted by Crippen LogP contribution is -1.74. The van der Waals surface area contributed by atoms with Crippen LogP contribution in [0, 0.1) is 11.3 Å². The molecule has 1 aromatic heterocycles. The monoisotopic (exact) mass is 246 g/mol. The Balaban J connectivity index is 2.90. The van der Waals surface area contributed by atoms with Gasteiger partial charge in [-0.3, -0.25) is 0 Å². The Hall–Kier alpha value is -1.53. The van der Waals surface area contributed by atoms with Gasteiger partial charge in [0, 0.05) is 15.4 Å². The molecule has 0 aliphatic rings. The van der Waals surface area contributed by atoms with Gasteiger partial charge in [-0.25, -0.2) is 0 Å². The molecule has 0 spiro atoms. The van der Waals surface area contributed by atoms with E-state index in [-0.39, 0.29) is 0 Å². The van der Waals surface area contributed by atoms with Gasteiger partial charge in [0.05, 0.1) is 11.3 Å². The van der Waals surface area contributed by atoms with Gasteiger partial charge >= 0.3 is 0 Å². The summed E-state index contributed by atoms with van der Waals surface area (Å²) in [7, 11) is 0. The van der Waals surface area contributed by atoms with E-state index in [1.807, 2.05) is 18.2 Å². The second-order valence-electron chi connectivity index (χ2n) is 2.92. The number of aromatic amines is 1. The van der Waals surface area contributed by atoms with Crippen LogP contribution in [0.1, 0.15) is 11.3 Å². The molecule has 14 heavy (non-hydrogen) atoms. The minimum Gasteiger partial charge on any atom is -0.354 e. The van der Waals surface area contributed by atoms with E-state index in [1.54, 1.807) is 6.08 Å². The second-order valence-corrected chi connectivity index (χ2v) is 3.84. The van der Waals surface area contributed by atoms with Crippen LogP contribution in [0.5, 0.6) is 0 Å². The highest BCUT2D eigenvalue weighted by Gasteiger charge is 2.08. The molecular weight excluding hydrogens is 240 g/mol. The normalized spacial score (nSPS) is 10.0. The molecule has 0 aliphatic carbocycles. The SMILES string of the molecule is C=Cc1[nH]c2ccc(Br)cc2c1C#N. The number of rotatable bonds is 1. The molecular formula is C11H7BrN2. The standard InChI is InChI=1S/C11H7BrN2/c1-2-10-9(6-13)8-5-7(12)3-4-11(8)14-10/h2-5,14H,1H2. The van der Waals surface area contributed by atoms with Crippen molar-refractivity contribution >= 4 is 32.9 Å². The number of nitrogens with one attached hydrogen (secondary N) is 1. The molecule has 3 heteroatoms. The molecule has 0 radical (unpaired) electrons. The van der Waals surface area contributed by atoms with Gasteiger partial charge in [0.2, 0.25) is 0 Å². The van der Waals surface area contributed by atoms with Crippen molar-refractivity contribution in [1.82, 2.24) is 4.98 Å². The summed E-state index contributed by atoms with van der Waals surface area (Å²) in [6, 6.07) is 7.98. The maximum absolute atomic E-state index is 8.99. The molecule has 0 atom stereocenters. The van der Waals surface area contributed by atoms with Crippen molar-refractivity contribution in [2.45, 2.75) is 0 Å². The Kier molecular flexibility index (Phi) is 2.14. The maximum Gasteiger partial charge on any atom is 0.102 e. The molecule has 2 rings (SSSR count). The lowest BCUT2D eigenvalue weighted by Gasteiger charge is -1.90. The molecule has 0 saturated heterocycles. The van der Waals surface area contributed by atoms with E-state index in [9.17, 15) is 0 Å². The summed E-state index contributed by atoms with van der Waals surface area (Å²) in [6.45, 7) is 3.66. The molecule has 0 saturated carbocycles. The van der Waals surface area contributed by atoms with Crippen LogP contribution in [0.4, 0.5) is 0 Å². The van der Waals surface area contributed by atoms with E-state index in [1.165, 1.54) is 0 Å². The highest BCUT2D eigenvalue weighted by atomic mass is 79.9. The van der Waals surface area contributed by atoms with Crippen LogP contribution in [0.2, 0.25) is 0 Å². The van der Waals surface area contributed by atoms with Gasteiger partial charge in [0.1, 0.15) is 6.07 Å². The number of fused-ring (bicyclic) bond motifs is 1. The molecule has 0 bridgehead atoms. The van der Waals surface area contributed by atoms with Crippen molar-refractivity contribution in [2.24, 2.45) is 0 Å². The Morgan fingerprint density at radius 3 is 2.93 bits per heavy atom. The van der Waals surface area contributed by atoms with Crippen molar-refractivity contribution in [1.29, 1.82) is 5.26 Å². The number of nitrogens with zero attached hydrogens (tertiary/aromatic N) is 1. The molecule has 0 amide bonds. The zero-order valence-electron chi connectivity index (χ0n) is 7.34. The second kappa shape index (κ2) is 3.32. The first kappa shape index (κ1) is 9.04. The zero-order valence-corrected chi connectivity index (χ0v) is 8.93. The summed E-state index contributed by atoms with van der Waals surface area (Å²) >= 11 is 3.38. The van der Waals surface area contributed by atoms with Crippen LogP contribution in [0.25, 0.3) is 17.0 Å². The van der Waals surface area contributed by atoms with E-state index < -0.39 is 0 Å². The van der Waals surface area contributed by atoms with E-state index in [4.69, 9.17) is 5.26 Å². The van der Waals surface area contributed by atoms with Crippen molar-refractivity contribution in [3.63, 3.8) is 0 Å². The van der Waals surface area contributed by atoms with Gasteiger partial charge in [0.25, 0.3) is 0 Å². The van der Waals surface area contributed by atoms with Crippen molar-refractivity contribution in [2.75, 3.05) is 0 Å². The van der Waals surface area contributed by atoms with E-state index in [0.29, 0.717) is 5.56 Å². The fourth-order valence-electron chi connectivity index (χ4n) is 1.46. The van der Waals surface area contributed by atoms with E-state index in [0.717, 1.165) is 21.1 Å². The van der Waals surface area contributed by atoms with Gasteiger partial charge in [-0.2, -0.15) is 5.26 Å². The summed E-state index contributed by atoms with van der Waals surface area (Å²) in [5, 5.41) is 9.92.